The number of carboxylic acid groups (broad SMARTS) is 1. The molecule has 0 unspecified atom stereocenters. The van der Waals surface area contributed by atoms with E-state index >= 15 is 0 Å². The molecule has 2 atom stereocenters. The Bertz CT molecular complexity index is 1940. The van der Waals surface area contributed by atoms with Gasteiger partial charge in [0.05, 0.1) is 13.2 Å². The minimum atomic E-state index is -3.09. The van der Waals surface area contributed by atoms with Gasteiger partial charge in [-0.05, 0) is 98.5 Å². The number of aromatic nitrogens is 2. The lowest BCUT2D eigenvalue weighted by Gasteiger charge is -2.44. The number of hydrogen-bond acceptors (Lipinski definition) is 9. The van der Waals surface area contributed by atoms with E-state index in [0.717, 1.165) is 54.8 Å². The number of nitrogens with zero attached hydrogens (tertiary/aromatic N) is 4. The van der Waals surface area contributed by atoms with Crippen molar-refractivity contribution >= 4 is 52.4 Å². The summed E-state index contributed by atoms with van der Waals surface area (Å²) in [5.41, 5.74) is 1.30. The monoisotopic (exact) mass is 789 g/mol. The second kappa shape index (κ2) is 16.0. The van der Waals surface area contributed by atoms with Crippen LogP contribution in [0.5, 0.6) is 11.5 Å². The molecule has 0 spiro atoms. The molecule has 4 fully saturated rings. The minimum Gasteiger partial charge on any atom is -0.489 e. The first-order valence-corrected chi connectivity index (χ1v) is 18.9. The van der Waals surface area contributed by atoms with Gasteiger partial charge in [-0.1, -0.05) is 35.3 Å². The number of aromatic carboxylic acids is 1. The van der Waals surface area contributed by atoms with Crippen molar-refractivity contribution in [2.24, 2.45) is 11.8 Å². The molecule has 6 heterocycles. The molecule has 3 aliphatic heterocycles. The Morgan fingerprint density at radius 1 is 1.06 bits per heavy atom. The summed E-state index contributed by atoms with van der Waals surface area (Å²) >= 11 is 14.1. The molecule has 1 aliphatic carbocycles. The first-order valence-electron chi connectivity index (χ1n) is 17.3. The summed E-state index contributed by atoms with van der Waals surface area (Å²) in [7, 11) is 0. The van der Waals surface area contributed by atoms with E-state index in [4.69, 9.17) is 37.4 Å². The number of benzene rings is 1. The molecule has 53 heavy (non-hydrogen) atoms. The zero-order chi connectivity index (χ0) is 37.2. The van der Waals surface area contributed by atoms with Crippen molar-refractivity contribution in [3.8, 4) is 11.5 Å². The number of amides is 1. The van der Waals surface area contributed by atoms with Crippen LogP contribution in [0.2, 0.25) is 10.0 Å². The molecule has 3 saturated heterocycles. The second-order valence-electron chi connectivity index (χ2n) is 13.5. The summed E-state index contributed by atoms with van der Waals surface area (Å²) in [5, 5.41) is 20.8. The lowest BCUT2D eigenvalue weighted by atomic mass is 9.85. The smallest absolute Gasteiger partial charge is 0.416 e. The molecule has 16 heteroatoms. The maximum absolute atomic E-state index is 13.9. The summed E-state index contributed by atoms with van der Waals surface area (Å²) < 4.78 is 44.4. The minimum absolute atomic E-state index is 0.00881. The fourth-order valence-corrected chi connectivity index (χ4v) is 8.65. The van der Waals surface area contributed by atoms with Crippen LogP contribution >= 0.6 is 34.5 Å². The third-order valence-electron chi connectivity index (χ3n) is 9.92. The number of fused-ring (bicyclic) bond motifs is 3. The molecule has 3 aromatic heterocycles. The SMILES string of the molecule is O=C(O)c1sc(CN(C(=O)O[C@H]2CN3CCC2CC3)c2ccccn2)cc1[C@@H](Cc1c(Cl)c[n+](O)cc1Cl)c1ccc(OC(F)F)c(OCC2CC2)c1. The molecular weight excluding hydrogens is 753 g/mol. The number of piperidine rings is 3. The molecule has 2 bridgehead atoms. The molecule has 4 aromatic rings. The summed E-state index contributed by atoms with van der Waals surface area (Å²) in [5.74, 6) is -1.12. The van der Waals surface area contributed by atoms with E-state index in [0.29, 0.717) is 46.5 Å². The molecule has 280 valence electrons. The van der Waals surface area contributed by atoms with E-state index in [1.165, 1.54) is 23.4 Å². The van der Waals surface area contributed by atoms with Gasteiger partial charge >= 0.3 is 18.7 Å². The average Bonchev–Trinajstić information content (AvgIpc) is 3.87. The number of thiophene rings is 1. The number of pyridine rings is 2. The molecule has 1 aromatic carbocycles. The van der Waals surface area contributed by atoms with E-state index in [1.54, 1.807) is 42.6 Å². The number of alkyl halides is 2. The molecular formula is C37H37Cl2F2N4O7S+. The number of ether oxygens (including phenoxy) is 3. The Hall–Kier alpha value is -4.24. The van der Waals surface area contributed by atoms with Crippen LogP contribution < -0.4 is 19.1 Å². The predicted molar refractivity (Wildman–Crippen MR) is 192 cm³/mol. The number of halogens is 4. The zero-order valence-electron chi connectivity index (χ0n) is 28.4. The molecule has 2 N–H and O–H groups in total. The number of carbonyl (C=O) groups excluding carboxylic acids is 1. The van der Waals surface area contributed by atoms with Gasteiger partial charge in [0, 0.05) is 33.8 Å². The molecule has 1 amide bonds. The van der Waals surface area contributed by atoms with Crippen LogP contribution in [0.15, 0.2) is 61.1 Å². The third kappa shape index (κ3) is 8.77. The quantitative estimate of drug-likeness (QED) is 0.0978. The fourth-order valence-electron chi connectivity index (χ4n) is 6.99. The van der Waals surface area contributed by atoms with Gasteiger partial charge in [0.15, 0.2) is 11.5 Å². The molecule has 0 radical (unpaired) electrons. The summed E-state index contributed by atoms with van der Waals surface area (Å²) in [6.07, 6.45) is 7.12. The molecule has 1 saturated carbocycles. The lowest BCUT2D eigenvalue weighted by Crippen LogP contribution is -2.53. The Kier molecular flexibility index (Phi) is 11.2. The lowest BCUT2D eigenvalue weighted by molar-refractivity contribution is -0.904. The van der Waals surface area contributed by atoms with Gasteiger partial charge in [0.2, 0.25) is 12.4 Å². The van der Waals surface area contributed by atoms with Crippen molar-refractivity contribution in [3.05, 3.63) is 97.5 Å². The van der Waals surface area contributed by atoms with Crippen LogP contribution in [-0.2, 0) is 17.7 Å². The van der Waals surface area contributed by atoms with Gasteiger partial charge in [-0.3, -0.25) is 15.0 Å². The van der Waals surface area contributed by atoms with Crippen molar-refractivity contribution in [2.45, 2.75) is 57.3 Å². The van der Waals surface area contributed by atoms with Crippen molar-refractivity contribution in [2.75, 3.05) is 31.1 Å². The van der Waals surface area contributed by atoms with Crippen molar-refractivity contribution in [1.29, 1.82) is 0 Å². The van der Waals surface area contributed by atoms with Gasteiger partial charge in [-0.25, -0.2) is 14.6 Å². The predicted octanol–water partition coefficient (Wildman–Crippen LogP) is 7.68. The van der Waals surface area contributed by atoms with Gasteiger partial charge in [-0.15, -0.1) is 11.3 Å². The maximum Gasteiger partial charge on any atom is 0.416 e. The molecule has 11 nitrogen and oxygen atoms in total. The topological polar surface area (TPSA) is 126 Å². The van der Waals surface area contributed by atoms with Gasteiger partial charge in [-0.2, -0.15) is 8.78 Å². The Labute approximate surface area is 318 Å². The highest BCUT2D eigenvalue weighted by atomic mass is 35.5. The van der Waals surface area contributed by atoms with Gasteiger partial charge in [0.25, 0.3) is 0 Å². The van der Waals surface area contributed by atoms with Gasteiger partial charge in [0.1, 0.15) is 26.8 Å². The van der Waals surface area contributed by atoms with Crippen molar-refractivity contribution in [1.82, 2.24) is 9.88 Å². The van der Waals surface area contributed by atoms with Crippen LogP contribution in [0, 0.1) is 11.8 Å². The van der Waals surface area contributed by atoms with E-state index in [9.17, 15) is 28.7 Å². The highest BCUT2D eigenvalue weighted by molar-refractivity contribution is 7.14. The number of anilines is 1. The third-order valence-corrected chi connectivity index (χ3v) is 11.7. The van der Waals surface area contributed by atoms with Crippen LogP contribution in [0.25, 0.3) is 0 Å². The van der Waals surface area contributed by atoms with Crippen LogP contribution in [0.1, 0.15) is 62.8 Å². The number of carbonyl (C=O) groups is 2. The zero-order valence-corrected chi connectivity index (χ0v) is 30.7. The van der Waals surface area contributed by atoms with Crippen LogP contribution in [-0.4, -0.2) is 71.2 Å². The molecule has 8 rings (SSSR count). The van der Waals surface area contributed by atoms with Gasteiger partial charge < -0.3 is 19.3 Å². The van der Waals surface area contributed by atoms with Crippen LogP contribution in [0.3, 0.4) is 0 Å². The van der Waals surface area contributed by atoms with E-state index in [-0.39, 0.29) is 51.4 Å². The Morgan fingerprint density at radius 2 is 1.81 bits per heavy atom. The second-order valence-corrected chi connectivity index (χ2v) is 15.5. The van der Waals surface area contributed by atoms with E-state index in [2.05, 4.69) is 9.88 Å². The van der Waals surface area contributed by atoms with Crippen molar-refractivity contribution < 1.29 is 47.6 Å². The van der Waals surface area contributed by atoms with E-state index < -0.39 is 24.6 Å². The van der Waals surface area contributed by atoms with Crippen LogP contribution in [0.4, 0.5) is 19.4 Å². The highest BCUT2D eigenvalue weighted by Gasteiger charge is 2.38. The summed E-state index contributed by atoms with van der Waals surface area (Å²) in [6.45, 7) is -0.199. The van der Waals surface area contributed by atoms with E-state index in [1.807, 2.05) is 0 Å². The number of rotatable bonds is 14. The fraction of sp³-hybridized carbons (Fsp3) is 0.405. The molecule has 4 aliphatic rings. The first kappa shape index (κ1) is 37.1. The van der Waals surface area contributed by atoms with Crippen molar-refractivity contribution in [3.63, 3.8) is 0 Å². The Balaban J connectivity index is 1.27. The first-order chi connectivity index (χ1) is 25.5. The normalized spacial score (nSPS) is 19.9. The largest absolute Gasteiger partial charge is 0.489 e. The standard InChI is InChI=1S/C37H36Cl2F2N4O7S/c38-28-17-44(49)18-29(39)27(28)15-25(23-6-7-30(51-36(40)41)31(13-23)50-20-21-4-5-21)26-14-24(53-34(26)35(46)47)16-45(33-3-1-2-10-42-33)37(48)52-32-19-43-11-8-22(32)9-12-43/h1-3,6-7,10,13-14,17-18,21-22,25,32,36H,4-5,8-9,11-12,15-16,19-20H2,(H-,46,47,49)/p+1/t25-,32-/m0/s1. The number of carboxylic acids is 1. The summed E-state index contributed by atoms with van der Waals surface area (Å²) in [4.78, 5) is 35.4. The highest BCUT2D eigenvalue weighted by Crippen LogP contribution is 2.42. The Morgan fingerprint density at radius 3 is 2.43 bits per heavy atom. The maximum atomic E-state index is 13.9. The summed E-state index contributed by atoms with van der Waals surface area (Å²) in [6, 6.07) is 11.4. The average molecular weight is 791 g/mol. The number of hydrogen-bond donors (Lipinski definition) is 2.